The molecule has 0 amide bonds. The molecule has 1 fully saturated rings. The molecule has 5 nitrogen and oxygen atoms in total. The van der Waals surface area contributed by atoms with Crippen molar-refractivity contribution in [3.63, 3.8) is 0 Å². The standard InChI is InChI=1S/C14H14N4O/c15-7-11-12(17-18-13(11)16)9-1-3-10(4-2-9)14(8-19)5-6-14/h1-4,19H,5-6,8H2,(H3,16,17,18). The number of aliphatic hydroxyl groups excluding tert-OH is 1. The van der Waals surface area contributed by atoms with Crippen molar-refractivity contribution in [1.82, 2.24) is 10.2 Å². The highest BCUT2D eigenvalue weighted by molar-refractivity contribution is 5.72. The van der Waals surface area contributed by atoms with Gasteiger partial charge in [-0.15, -0.1) is 0 Å². The Morgan fingerprint density at radius 1 is 1.37 bits per heavy atom. The Hall–Kier alpha value is -2.32. The van der Waals surface area contributed by atoms with Gasteiger partial charge in [0.25, 0.3) is 0 Å². The molecule has 0 saturated heterocycles. The molecule has 0 atom stereocenters. The molecule has 0 bridgehead atoms. The Labute approximate surface area is 110 Å². The van der Waals surface area contributed by atoms with Crippen LogP contribution in [0.2, 0.25) is 0 Å². The molecule has 0 unspecified atom stereocenters. The maximum atomic E-state index is 9.40. The zero-order valence-corrected chi connectivity index (χ0v) is 10.3. The summed E-state index contributed by atoms with van der Waals surface area (Å²) in [7, 11) is 0. The van der Waals surface area contributed by atoms with E-state index in [2.05, 4.69) is 16.3 Å². The van der Waals surface area contributed by atoms with Gasteiger partial charge >= 0.3 is 0 Å². The van der Waals surface area contributed by atoms with Gasteiger partial charge in [-0.05, 0) is 18.4 Å². The van der Waals surface area contributed by atoms with Crippen molar-refractivity contribution >= 4 is 5.82 Å². The second-order valence-electron chi connectivity index (χ2n) is 4.99. The number of nitrogens with zero attached hydrogens (tertiary/aromatic N) is 2. The first kappa shape index (κ1) is 11.8. The van der Waals surface area contributed by atoms with Crippen LogP contribution in [0.3, 0.4) is 0 Å². The quantitative estimate of drug-likeness (QED) is 0.773. The summed E-state index contributed by atoms with van der Waals surface area (Å²) in [5, 5.41) is 25.1. The summed E-state index contributed by atoms with van der Waals surface area (Å²) in [5.74, 6) is 0.288. The van der Waals surface area contributed by atoms with Crippen molar-refractivity contribution in [2.45, 2.75) is 18.3 Å². The molecule has 1 aliphatic rings. The van der Waals surface area contributed by atoms with E-state index in [1.165, 1.54) is 0 Å². The van der Waals surface area contributed by atoms with Crippen molar-refractivity contribution in [2.24, 2.45) is 0 Å². The lowest BCUT2D eigenvalue weighted by Gasteiger charge is -2.12. The van der Waals surface area contributed by atoms with E-state index >= 15 is 0 Å². The van der Waals surface area contributed by atoms with E-state index in [-0.39, 0.29) is 17.8 Å². The van der Waals surface area contributed by atoms with E-state index in [0.717, 1.165) is 24.0 Å². The second-order valence-corrected chi connectivity index (χ2v) is 4.99. The van der Waals surface area contributed by atoms with E-state index < -0.39 is 0 Å². The lowest BCUT2D eigenvalue weighted by Crippen LogP contribution is -2.11. The number of nitrogens with one attached hydrogen (secondary N) is 1. The van der Waals surface area contributed by atoms with Gasteiger partial charge in [-0.25, -0.2) is 0 Å². The van der Waals surface area contributed by atoms with Crippen molar-refractivity contribution in [3.8, 4) is 17.3 Å². The Balaban J connectivity index is 1.97. The van der Waals surface area contributed by atoms with Gasteiger partial charge in [0.15, 0.2) is 0 Å². The SMILES string of the molecule is N#Cc1c(-c2ccc(C3(CO)CC3)cc2)n[nH]c1N. The van der Waals surface area contributed by atoms with E-state index in [1.54, 1.807) is 0 Å². The van der Waals surface area contributed by atoms with Crippen LogP contribution in [0.25, 0.3) is 11.3 Å². The predicted molar refractivity (Wildman–Crippen MR) is 71.1 cm³/mol. The number of nitrogens with two attached hydrogens (primary N) is 1. The molecule has 1 heterocycles. The molecule has 2 aromatic rings. The summed E-state index contributed by atoms with van der Waals surface area (Å²) in [5.41, 5.74) is 8.54. The minimum absolute atomic E-state index is 0.0405. The molecule has 1 aliphatic carbocycles. The summed E-state index contributed by atoms with van der Waals surface area (Å²) in [4.78, 5) is 0. The van der Waals surface area contributed by atoms with Crippen molar-refractivity contribution in [3.05, 3.63) is 35.4 Å². The number of anilines is 1. The molecule has 1 aromatic carbocycles. The number of hydrogen-bond acceptors (Lipinski definition) is 4. The highest BCUT2D eigenvalue weighted by Gasteiger charge is 2.43. The van der Waals surface area contributed by atoms with Gasteiger partial charge in [0, 0.05) is 11.0 Å². The van der Waals surface area contributed by atoms with Gasteiger partial charge in [0.1, 0.15) is 23.1 Å². The lowest BCUT2D eigenvalue weighted by atomic mass is 9.95. The van der Waals surface area contributed by atoms with Crippen molar-refractivity contribution in [2.75, 3.05) is 12.3 Å². The third kappa shape index (κ3) is 1.77. The maximum absolute atomic E-state index is 9.40. The fourth-order valence-corrected chi connectivity index (χ4v) is 2.35. The largest absolute Gasteiger partial charge is 0.395 e. The maximum Gasteiger partial charge on any atom is 0.137 e. The van der Waals surface area contributed by atoms with E-state index in [0.29, 0.717) is 11.3 Å². The first-order chi connectivity index (χ1) is 9.20. The number of H-pyrrole nitrogens is 1. The summed E-state index contributed by atoms with van der Waals surface area (Å²) in [6, 6.07) is 9.87. The first-order valence-electron chi connectivity index (χ1n) is 6.16. The molecule has 1 saturated carbocycles. The van der Waals surface area contributed by atoms with Crippen LogP contribution < -0.4 is 5.73 Å². The van der Waals surface area contributed by atoms with Crippen LogP contribution >= 0.6 is 0 Å². The fraction of sp³-hybridized carbons (Fsp3) is 0.286. The fourth-order valence-electron chi connectivity index (χ4n) is 2.35. The molecule has 0 spiro atoms. The van der Waals surface area contributed by atoms with Crippen molar-refractivity contribution < 1.29 is 5.11 Å². The molecule has 0 radical (unpaired) electrons. The van der Waals surface area contributed by atoms with Crippen LogP contribution in [0.15, 0.2) is 24.3 Å². The molecule has 4 N–H and O–H groups in total. The zero-order valence-electron chi connectivity index (χ0n) is 10.3. The molecular weight excluding hydrogens is 240 g/mol. The van der Waals surface area contributed by atoms with E-state index in [4.69, 9.17) is 11.0 Å². The van der Waals surface area contributed by atoms with Crippen LogP contribution in [0, 0.1) is 11.3 Å². The number of aliphatic hydroxyl groups is 1. The van der Waals surface area contributed by atoms with Crippen LogP contribution in [0.5, 0.6) is 0 Å². The molecule has 0 aliphatic heterocycles. The van der Waals surface area contributed by atoms with Gasteiger partial charge < -0.3 is 10.8 Å². The Kier molecular flexibility index (Phi) is 2.54. The molecular formula is C14H14N4O. The van der Waals surface area contributed by atoms with Crippen molar-refractivity contribution in [1.29, 1.82) is 5.26 Å². The third-order valence-corrected chi connectivity index (χ3v) is 3.83. The lowest BCUT2D eigenvalue weighted by molar-refractivity contribution is 0.255. The smallest absolute Gasteiger partial charge is 0.137 e. The van der Waals surface area contributed by atoms with Crippen LogP contribution in [-0.2, 0) is 5.41 Å². The highest BCUT2D eigenvalue weighted by Crippen LogP contribution is 2.47. The topological polar surface area (TPSA) is 98.7 Å². The van der Waals surface area contributed by atoms with Gasteiger partial charge in [0.05, 0.1) is 6.61 Å². The Bertz CT molecular complexity index is 647. The number of nitrogen functional groups attached to an aromatic ring is 1. The van der Waals surface area contributed by atoms with Crippen LogP contribution in [0.1, 0.15) is 24.0 Å². The molecule has 3 rings (SSSR count). The molecule has 19 heavy (non-hydrogen) atoms. The van der Waals surface area contributed by atoms with E-state index in [9.17, 15) is 5.11 Å². The molecule has 1 aromatic heterocycles. The van der Waals surface area contributed by atoms with E-state index in [1.807, 2.05) is 24.3 Å². The van der Waals surface area contributed by atoms with Gasteiger partial charge in [-0.2, -0.15) is 10.4 Å². The number of benzene rings is 1. The monoisotopic (exact) mass is 254 g/mol. The number of hydrogen-bond donors (Lipinski definition) is 3. The summed E-state index contributed by atoms with van der Waals surface area (Å²) in [6.45, 7) is 0.186. The number of aromatic amines is 1. The summed E-state index contributed by atoms with van der Waals surface area (Å²) in [6.07, 6.45) is 2.06. The average molecular weight is 254 g/mol. The highest BCUT2D eigenvalue weighted by atomic mass is 16.3. The molecule has 96 valence electrons. The third-order valence-electron chi connectivity index (χ3n) is 3.83. The number of nitriles is 1. The van der Waals surface area contributed by atoms with Gasteiger partial charge in [-0.1, -0.05) is 24.3 Å². The van der Waals surface area contributed by atoms with Gasteiger partial charge in [0.2, 0.25) is 0 Å². The predicted octanol–water partition coefficient (Wildman–Crippen LogP) is 1.55. The Morgan fingerprint density at radius 2 is 2.05 bits per heavy atom. The summed E-state index contributed by atoms with van der Waals surface area (Å²) < 4.78 is 0. The minimum Gasteiger partial charge on any atom is -0.395 e. The summed E-state index contributed by atoms with van der Waals surface area (Å²) >= 11 is 0. The number of rotatable bonds is 3. The first-order valence-corrected chi connectivity index (χ1v) is 6.16. The Morgan fingerprint density at radius 3 is 2.58 bits per heavy atom. The van der Waals surface area contributed by atoms with Crippen LogP contribution in [0.4, 0.5) is 5.82 Å². The zero-order chi connectivity index (χ0) is 13.5. The van der Waals surface area contributed by atoms with Gasteiger partial charge in [-0.3, -0.25) is 5.10 Å². The minimum atomic E-state index is -0.0405. The molecule has 5 heteroatoms. The average Bonchev–Trinajstić information content (AvgIpc) is 3.16. The normalized spacial score (nSPS) is 16.0. The second kappa shape index (κ2) is 4.11. The van der Waals surface area contributed by atoms with Crippen LogP contribution in [-0.4, -0.2) is 21.9 Å². The number of aromatic nitrogens is 2.